The van der Waals surface area contributed by atoms with Crippen molar-refractivity contribution >= 4 is 15.9 Å². The molecule has 0 aliphatic heterocycles. The van der Waals surface area contributed by atoms with Gasteiger partial charge in [0.05, 0.1) is 17.1 Å². The van der Waals surface area contributed by atoms with Crippen LogP contribution < -0.4 is 5.32 Å². The van der Waals surface area contributed by atoms with Crippen LogP contribution in [0.25, 0.3) is 0 Å². The Bertz CT molecular complexity index is 360. The van der Waals surface area contributed by atoms with E-state index in [0.717, 1.165) is 6.07 Å². The number of rotatable bonds is 5. The maximum atomic E-state index is 13.3. The number of halogens is 3. The van der Waals surface area contributed by atoms with E-state index in [1.165, 1.54) is 0 Å². The Morgan fingerprint density at radius 2 is 2.12 bits per heavy atom. The smallest absolute Gasteiger partial charge is 0.173 e. The van der Waals surface area contributed by atoms with Crippen molar-refractivity contribution in [3.63, 3.8) is 0 Å². The number of benzene rings is 1. The highest BCUT2D eigenvalue weighted by Gasteiger charge is 2.17. The predicted octanol–water partition coefficient (Wildman–Crippen LogP) is 3.02. The summed E-state index contributed by atoms with van der Waals surface area (Å²) in [6, 6.07) is 2.50. The first-order valence-corrected chi connectivity index (χ1v) is 5.79. The zero-order valence-electron chi connectivity index (χ0n) is 9.19. The number of hydrogen-bond donors (Lipinski definition) is 1. The maximum absolute atomic E-state index is 13.3. The molecule has 90 valence electrons. The number of hydrogen-bond acceptors (Lipinski definition) is 2. The maximum Gasteiger partial charge on any atom is 0.173 e. The van der Waals surface area contributed by atoms with Gasteiger partial charge in [-0.15, -0.1) is 0 Å². The van der Waals surface area contributed by atoms with Crippen LogP contribution in [-0.4, -0.2) is 20.3 Å². The monoisotopic (exact) mass is 293 g/mol. The zero-order valence-corrected chi connectivity index (χ0v) is 10.8. The van der Waals surface area contributed by atoms with E-state index in [1.807, 2.05) is 6.92 Å². The van der Waals surface area contributed by atoms with Crippen molar-refractivity contribution in [1.82, 2.24) is 5.32 Å². The lowest BCUT2D eigenvalue weighted by Gasteiger charge is -2.18. The van der Waals surface area contributed by atoms with Crippen LogP contribution in [0.2, 0.25) is 0 Å². The summed E-state index contributed by atoms with van der Waals surface area (Å²) in [7, 11) is 1.75. The van der Waals surface area contributed by atoms with Gasteiger partial charge in [-0.2, -0.15) is 0 Å². The molecule has 0 bridgehead atoms. The van der Waals surface area contributed by atoms with Crippen LogP contribution in [0.3, 0.4) is 0 Å². The third-order valence-electron chi connectivity index (χ3n) is 2.28. The molecule has 1 aromatic rings. The van der Waals surface area contributed by atoms with Gasteiger partial charge in [0.2, 0.25) is 0 Å². The molecule has 1 unspecified atom stereocenters. The first kappa shape index (κ1) is 13.5. The lowest BCUT2D eigenvalue weighted by Crippen LogP contribution is -2.22. The molecule has 1 rings (SSSR count). The average Bonchev–Trinajstić information content (AvgIpc) is 2.29. The van der Waals surface area contributed by atoms with Crippen LogP contribution in [0.15, 0.2) is 16.6 Å². The van der Waals surface area contributed by atoms with E-state index in [1.54, 1.807) is 13.1 Å². The minimum absolute atomic E-state index is 0.145. The molecule has 0 aliphatic rings. The Hall–Kier alpha value is -0.520. The molecule has 0 saturated carbocycles. The van der Waals surface area contributed by atoms with Gasteiger partial charge in [0, 0.05) is 6.61 Å². The van der Waals surface area contributed by atoms with Gasteiger partial charge in [0.25, 0.3) is 0 Å². The highest BCUT2D eigenvalue weighted by atomic mass is 79.9. The van der Waals surface area contributed by atoms with Crippen LogP contribution in [-0.2, 0) is 4.74 Å². The van der Waals surface area contributed by atoms with Crippen LogP contribution in [0.5, 0.6) is 0 Å². The van der Waals surface area contributed by atoms with Crippen molar-refractivity contribution in [2.45, 2.75) is 13.0 Å². The van der Waals surface area contributed by atoms with Gasteiger partial charge in [0.15, 0.2) is 11.6 Å². The fourth-order valence-corrected chi connectivity index (χ4v) is 1.97. The van der Waals surface area contributed by atoms with Gasteiger partial charge in [-0.3, -0.25) is 0 Å². The van der Waals surface area contributed by atoms with E-state index >= 15 is 0 Å². The lowest BCUT2D eigenvalue weighted by atomic mass is 10.1. The number of ether oxygens (including phenoxy) is 1. The van der Waals surface area contributed by atoms with Gasteiger partial charge in [-0.1, -0.05) is 6.07 Å². The highest BCUT2D eigenvalue weighted by Crippen LogP contribution is 2.27. The van der Waals surface area contributed by atoms with E-state index in [4.69, 9.17) is 4.74 Å². The van der Waals surface area contributed by atoms with Crippen LogP contribution in [0.1, 0.15) is 18.5 Å². The molecule has 0 saturated heterocycles. The summed E-state index contributed by atoms with van der Waals surface area (Å²) in [5, 5.41) is 3.00. The van der Waals surface area contributed by atoms with Crippen LogP contribution in [0, 0.1) is 11.6 Å². The van der Waals surface area contributed by atoms with Crippen molar-refractivity contribution in [1.29, 1.82) is 0 Å². The first-order valence-electron chi connectivity index (χ1n) is 5.00. The van der Waals surface area contributed by atoms with Crippen molar-refractivity contribution in [3.05, 3.63) is 33.8 Å². The lowest BCUT2D eigenvalue weighted by molar-refractivity contribution is 0.125. The van der Waals surface area contributed by atoms with Gasteiger partial charge in [0.1, 0.15) is 0 Å². The summed E-state index contributed by atoms with van der Waals surface area (Å²) in [6.45, 7) is 2.88. The summed E-state index contributed by atoms with van der Waals surface area (Å²) >= 11 is 3.05. The molecule has 5 heteroatoms. The van der Waals surface area contributed by atoms with Crippen molar-refractivity contribution in [3.8, 4) is 0 Å². The Balaban J connectivity index is 2.96. The predicted molar refractivity (Wildman–Crippen MR) is 62.4 cm³/mol. The largest absolute Gasteiger partial charge is 0.380 e. The van der Waals surface area contributed by atoms with Gasteiger partial charge < -0.3 is 10.1 Å². The number of likely N-dealkylation sites (N-methyl/N-ethyl adjacent to an activating group) is 1. The van der Waals surface area contributed by atoms with Gasteiger partial charge in [-0.05, 0) is 41.5 Å². The van der Waals surface area contributed by atoms with Crippen molar-refractivity contribution in [2.75, 3.05) is 20.3 Å². The second kappa shape index (κ2) is 6.27. The first-order chi connectivity index (χ1) is 7.61. The quantitative estimate of drug-likeness (QED) is 0.843. The fraction of sp³-hybridized carbons (Fsp3) is 0.455. The average molecular weight is 294 g/mol. The Labute approximate surface area is 102 Å². The zero-order chi connectivity index (χ0) is 12.1. The molecule has 1 N–H and O–H groups in total. The summed E-state index contributed by atoms with van der Waals surface area (Å²) < 4.78 is 31.7. The van der Waals surface area contributed by atoms with Crippen molar-refractivity contribution in [2.24, 2.45) is 0 Å². The molecule has 0 aromatic heterocycles. The Morgan fingerprint density at radius 3 is 2.69 bits per heavy atom. The Kier molecular flexibility index (Phi) is 5.31. The molecule has 0 heterocycles. The molecular formula is C11H14BrF2NO. The van der Waals surface area contributed by atoms with Crippen molar-refractivity contribution < 1.29 is 13.5 Å². The van der Waals surface area contributed by atoms with E-state index in [2.05, 4.69) is 21.2 Å². The molecule has 0 amide bonds. The second-order valence-corrected chi connectivity index (χ2v) is 4.06. The molecule has 2 nitrogen and oxygen atoms in total. The van der Waals surface area contributed by atoms with E-state index in [0.29, 0.717) is 18.8 Å². The molecule has 1 aromatic carbocycles. The summed E-state index contributed by atoms with van der Waals surface area (Å²) in [6.07, 6.45) is 0. The topological polar surface area (TPSA) is 21.3 Å². The summed E-state index contributed by atoms with van der Waals surface area (Å²) in [5.41, 5.74) is 0.648. The summed E-state index contributed by atoms with van der Waals surface area (Å²) in [4.78, 5) is 0. The molecule has 1 atom stereocenters. The fourth-order valence-electron chi connectivity index (χ4n) is 1.37. The van der Waals surface area contributed by atoms with Gasteiger partial charge >= 0.3 is 0 Å². The third kappa shape index (κ3) is 2.99. The van der Waals surface area contributed by atoms with E-state index < -0.39 is 11.6 Å². The van der Waals surface area contributed by atoms with Crippen LogP contribution in [0.4, 0.5) is 8.78 Å². The minimum atomic E-state index is -0.866. The SMILES string of the molecule is CCOCC(NC)c1ccc(F)c(F)c1Br. The van der Waals surface area contributed by atoms with Crippen LogP contribution >= 0.6 is 15.9 Å². The van der Waals surface area contributed by atoms with E-state index in [-0.39, 0.29) is 10.5 Å². The molecule has 0 radical (unpaired) electrons. The normalized spacial score (nSPS) is 12.8. The standard InChI is InChI=1S/C11H14BrF2NO/c1-3-16-6-9(15-2)7-4-5-8(13)11(14)10(7)12/h4-5,9,15H,3,6H2,1-2H3. The van der Waals surface area contributed by atoms with Gasteiger partial charge in [-0.25, -0.2) is 8.78 Å². The molecule has 0 fully saturated rings. The molecular weight excluding hydrogens is 280 g/mol. The minimum Gasteiger partial charge on any atom is -0.380 e. The highest BCUT2D eigenvalue weighted by molar-refractivity contribution is 9.10. The summed E-state index contributed by atoms with van der Waals surface area (Å²) in [5.74, 6) is -1.73. The van der Waals surface area contributed by atoms with E-state index in [9.17, 15) is 8.78 Å². The number of nitrogens with one attached hydrogen (secondary N) is 1. The molecule has 0 spiro atoms. The second-order valence-electron chi connectivity index (χ2n) is 3.27. The molecule has 16 heavy (non-hydrogen) atoms. The third-order valence-corrected chi connectivity index (χ3v) is 3.08. The Morgan fingerprint density at radius 1 is 1.44 bits per heavy atom. The molecule has 0 aliphatic carbocycles.